The molecule has 0 bridgehead atoms. The lowest BCUT2D eigenvalue weighted by atomic mass is 10.2. The molecule has 1 fully saturated rings. The lowest BCUT2D eigenvalue weighted by Crippen LogP contribution is -2.00. The van der Waals surface area contributed by atoms with Crippen LogP contribution in [-0.4, -0.2) is 27.4 Å². The van der Waals surface area contributed by atoms with Crippen LogP contribution in [0.25, 0.3) is 0 Å². The van der Waals surface area contributed by atoms with Gasteiger partial charge in [0, 0.05) is 23.9 Å². The fourth-order valence-corrected chi connectivity index (χ4v) is 2.29. The molecule has 0 saturated heterocycles. The van der Waals surface area contributed by atoms with Crippen LogP contribution in [0.2, 0.25) is 0 Å². The van der Waals surface area contributed by atoms with Gasteiger partial charge >= 0.3 is 0 Å². The lowest BCUT2D eigenvalue weighted by Gasteiger charge is -2.02. The fraction of sp³-hybridized carbons (Fsp3) is 1.00. The molecule has 0 amide bonds. The number of hydrogen-bond donors (Lipinski definition) is 0. The van der Waals surface area contributed by atoms with E-state index in [2.05, 4.69) is 0 Å². The van der Waals surface area contributed by atoms with Crippen molar-refractivity contribution < 1.29 is 13.2 Å². The van der Waals surface area contributed by atoms with Crippen molar-refractivity contribution in [3.63, 3.8) is 0 Å². The minimum absolute atomic E-state index is 0.0800. The molecule has 0 aromatic rings. The fourth-order valence-electron chi connectivity index (χ4n) is 1.41. The van der Waals surface area contributed by atoms with Crippen molar-refractivity contribution in [3.05, 3.63) is 0 Å². The van der Waals surface area contributed by atoms with Crippen molar-refractivity contribution in [2.75, 3.05) is 19.0 Å². The molecular formula is C10H19ClO3S. The first kappa shape index (κ1) is 13.3. The summed E-state index contributed by atoms with van der Waals surface area (Å²) in [5.41, 5.74) is 0. The van der Waals surface area contributed by atoms with Crippen LogP contribution in [-0.2, 0) is 13.8 Å². The highest BCUT2D eigenvalue weighted by Crippen LogP contribution is 2.32. The highest BCUT2D eigenvalue weighted by atomic mass is 35.7. The second-order valence-electron chi connectivity index (χ2n) is 4.15. The summed E-state index contributed by atoms with van der Waals surface area (Å²) in [4.78, 5) is 0. The topological polar surface area (TPSA) is 43.4 Å². The highest BCUT2D eigenvalue weighted by molar-refractivity contribution is 8.13. The van der Waals surface area contributed by atoms with Gasteiger partial charge in [0.05, 0.1) is 5.75 Å². The lowest BCUT2D eigenvalue weighted by molar-refractivity contribution is 0.124. The van der Waals surface area contributed by atoms with Crippen LogP contribution < -0.4 is 0 Å². The minimum Gasteiger partial charge on any atom is -0.381 e. The molecule has 0 aromatic carbocycles. The number of unbranched alkanes of at least 4 members (excludes halogenated alkanes) is 2. The van der Waals surface area contributed by atoms with Gasteiger partial charge in [0.25, 0.3) is 0 Å². The predicted octanol–water partition coefficient (Wildman–Crippen LogP) is 2.54. The second kappa shape index (κ2) is 6.71. The zero-order valence-electron chi connectivity index (χ0n) is 8.95. The Morgan fingerprint density at radius 2 is 1.87 bits per heavy atom. The van der Waals surface area contributed by atoms with Crippen molar-refractivity contribution in [1.82, 2.24) is 0 Å². The quantitative estimate of drug-likeness (QED) is 0.469. The van der Waals surface area contributed by atoms with E-state index in [1.54, 1.807) is 0 Å². The van der Waals surface area contributed by atoms with Crippen molar-refractivity contribution in [2.24, 2.45) is 5.92 Å². The van der Waals surface area contributed by atoms with Crippen molar-refractivity contribution in [1.29, 1.82) is 0 Å². The average Bonchev–Trinajstić information content (AvgIpc) is 2.91. The van der Waals surface area contributed by atoms with Gasteiger partial charge in [-0.05, 0) is 25.2 Å². The van der Waals surface area contributed by atoms with E-state index in [4.69, 9.17) is 15.4 Å². The van der Waals surface area contributed by atoms with Gasteiger partial charge in [-0.2, -0.15) is 0 Å². The Kier molecular flexibility index (Phi) is 5.94. The summed E-state index contributed by atoms with van der Waals surface area (Å²) in [7, 11) is 1.79. The Hall–Kier alpha value is 0.200. The smallest absolute Gasteiger partial charge is 0.232 e. The molecule has 0 radical (unpaired) electrons. The van der Waals surface area contributed by atoms with Crippen LogP contribution >= 0.6 is 10.7 Å². The Morgan fingerprint density at radius 3 is 2.47 bits per heavy atom. The summed E-state index contributed by atoms with van der Waals surface area (Å²) in [6.07, 6.45) is 6.37. The molecule has 0 atom stereocenters. The first-order chi connectivity index (χ1) is 7.08. The number of halogens is 1. The molecule has 0 heterocycles. The standard InChI is InChI=1S/C10H19ClO3S/c11-15(12,13)9-3-1-2-7-14-8-6-10-4-5-10/h10H,1-9H2. The van der Waals surface area contributed by atoms with E-state index < -0.39 is 9.05 Å². The SMILES string of the molecule is O=S(=O)(Cl)CCCCCOCCC1CC1. The molecule has 0 aliphatic heterocycles. The van der Waals surface area contributed by atoms with Gasteiger partial charge in [0.2, 0.25) is 9.05 Å². The van der Waals surface area contributed by atoms with Crippen LogP contribution in [0.3, 0.4) is 0 Å². The van der Waals surface area contributed by atoms with Gasteiger partial charge in [0.15, 0.2) is 0 Å². The van der Waals surface area contributed by atoms with Crippen molar-refractivity contribution in [3.8, 4) is 0 Å². The zero-order chi connectivity index (χ0) is 11.1. The summed E-state index contributed by atoms with van der Waals surface area (Å²) >= 11 is 0. The summed E-state index contributed by atoms with van der Waals surface area (Å²) in [6.45, 7) is 1.60. The average molecular weight is 255 g/mol. The number of hydrogen-bond acceptors (Lipinski definition) is 3. The molecule has 0 unspecified atom stereocenters. The predicted molar refractivity (Wildman–Crippen MR) is 61.7 cm³/mol. The van der Waals surface area contributed by atoms with Crippen LogP contribution in [0.5, 0.6) is 0 Å². The molecule has 0 N–H and O–H groups in total. The van der Waals surface area contributed by atoms with Crippen LogP contribution in [0.15, 0.2) is 0 Å². The molecule has 1 aliphatic carbocycles. The maximum atomic E-state index is 10.6. The van der Waals surface area contributed by atoms with Crippen molar-refractivity contribution >= 4 is 19.7 Å². The van der Waals surface area contributed by atoms with Crippen LogP contribution in [0, 0.1) is 5.92 Å². The molecule has 1 aliphatic rings. The number of ether oxygens (including phenoxy) is 1. The first-order valence-corrected chi connectivity index (χ1v) is 8.06. The summed E-state index contributed by atoms with van der Waals surface area (Å²) in [5, 5.41) is 0. The zero-order valence-corrected chi connectivity index (χ0v) is 10.5. The van der Waals surface area contributed by atoms with Gasteiger partial charge in [-0.3, -0.25) is 0 Å². The summed E-state index contributed by atoms with van der Waals surface area (Å²) in [6, 6.07) is 0. The monoisotopic (exact) mass is 254 g/mol. The molecule has 0 aromatic heterocycles. The Morgan fingerprint density at radius 1 is 1.13 bits per heavy atom. The van der Waals surface area contributed by atoms with E-state index in [0.717, 1.165) is 32.0 Å². The second-order valence-corrected chi connectivity index (χ2v) is 7.04. The van der Waals surface area contributed by atoms with E-state index in [1.807, 2.05) is 0 Å². The summed E-state index contributed by atoms with van der Waals surface area (Å²) in [5.74, 6) is 1.00. The third kappa shape index (κ3) is 9.15. The first-order valence-electron chi connectivity index (χ1n) is 5.58. The highest BCUT2D eigenvalue weighted by Gasteiger charge is 2.20. The molecule has 0 spiro atoms. The van der Waals surface area contributed by atoms with E-state index in [1.165, 1.54) is 19.3 Å². The van der Waals surface area contributed by atoms with E-state index in [0.29, 0.717) is 6.42 Å². The Balaban J connectivity index is 1.76. The third-order valence-electron chi connectivity index (χ3n) is 2.54. The van der Waals surface area contributed by atoms with E-state index in [9.17, 15) is 8.42 Å². The molecule has 3 nitrogen and oxygen atoms in total. The molecule has 90 valence electrons. The van der Waals surface area contributed by atoms with Gasteiger partial charge < -0.3 is 4.74 Å². The van der Waals surface area contributed by atoms with Crippen molar-refractivity contribution in [2.45, 2.75) is 38.5 Å². The van der Waals surface area contributed by atoms with E-state index >= 15 is 0 Å². The molecule has 15 heavy (non-hydrogen) atoms. The summed E-state index contributed by atoms with van der Waals surface area (Å²) < 4.78 is 26.6. The maximum absolute atomic E-state index is 10.6. The van der Waals surface area contributed by atoms with Gasteiger partial charge in [-0.25, -0.2) is 8.42 Å². The van der Waals surface area contributed by atoms with E-state index in [-0.39, 0.29) is 5.75 Å². The molecular weight excluding hydrogens is 236 g/mol. The van der Waals surface area contributed by atoms with Gasteiger partial charge in [-0.15, -0.1) is 0 Å². The minimum atomic E-state index is -3.29. The molecule has 1 rings (SSSR count). The van der Waals surface area contributed by atoms with Gasteiger partial charge in [-0.1, -0.05) is 19.3 Å². The molecule has 1 saturated carbocycles. The van der Waals surface area contributed by atoms with Crippen LogP contribution in [0.4, 0.5) is 0 Å². The molecule has 5 heteroatoms. The largest absolute Gasteiger partial charge is 0.381 e. The normalized spacial score (nSPS) is 16.9. The van der Waals surface area contributed by atoms with Crippen LogP contribution in [0.1, 0.15) is 38.5 Å². The third-order valence-corrected chi connectivity index (χ3v) is 3.78. The Labute approximate surface area is 96.6 Å². The van der Waals surface area contributed by atoms with Gasteiger partial charge in [0.1, 0.15) is 0 Å². The Bertz CT molecular complexity index is 260. The number of rotatable bonds is 9. The maximum Gasteiger partial charge on any atom is 0.232 e.